The zero-order chi connectivity index (χ0) is 30.3. The Hall–Kier alpha value is -0.460. The second-order valence-corrected chi connectivity index (χ2v) is 13.1. The van der Waals surface area contributed by atoms with Gasteiger partial charge in [0.05, 0.1) is 13.2 Å². The molecule has 0 aliphatic carbocycles. The van der Waals surface area contributed by atoms with Crippen LogP contribution in [0.3, 0.4) is 0 Å². The van der Waals surface area contributed by atoms with Gasteiger partial charge in [0.25, 0.3) is 0 Å². The van der Waals surface area contributed by atoms with E-state index < -0.39 is 13.9 Å². The topological polar surface area (TPSA) is 102 Å². The fourth-order valence-corrected chi connectivity index (χ4v) is 5.45. The molecular formula is C33H67O7P. The number of esters is 1. The number of phosphoric acid groups is 1. The highest BCUT2D eigenvalue weighted by atomic mass is 31.2. The lowest BCUT2D eigenvalue weighted by Crippen LogP contribution is -2.28. The third-order valence-electron chi connectivity index (χ3n) is 7.66. The molecule has 7 nitrogen and oxygen atoms in total. The van der Waals surface area contributed by atoms with Crippen molar-refractivity contribution in [2.75, 3.05) is 19.8 Å². The van der Waals surface area contributed by atoms with Crippen LogP contribution in [0.1, 0.15) is 181 Å². The van der Waals surface area contributed by atoms with E-state index in [2.05, 4.69) is 18.4 Å². The molecule has 8 heteroatoms. The van der Waals surface area contributed by atoms with E-state index in [4.69, 9.17) is 19.3 Å². The van der Waals surface area contributed by atoms with Crippen LogP contribution in [-0.4, -0.2) is 41.7 Å². The minimum Gasteiger partial charge on any atom is -0.457 e. The summed E-state index contributed by atoms with van der Waals surface area (Å²) in [5, 5.41) is 0. The molecule has 0 bridgehead atoms. The van der Waals surface area contributed by atoms with E-state index in [-0.39, 0.29) is 19.2 Å². The van der Waals surface area contributed by atoms with Crippen LogP contribution in [0.15, 0.2) is 0 Å². The summed E-state index contributed by atoms with van der Waals surface area (Å²) in [6.45, 7) is 4.76. The SMILES string of the molecule is CCCCCCCCCCCCCCCC(=O)OC(COCCCCCCCCCCCCCC)COP(=O)(O)O. The minimum absolute atomic E-state index is 0.0857. The number of ether oxygens (including phenoxy) is 2. The number of rotatable bonds is 33. The zero-order valence-electron chi connectivity index (χ0n) is 27.0. The normalized spacial score (nSPS) is 12.6. The van der Waals surface area contributed by atoms with Gasteiger partial charge in [-0.15, -0.1) is 0 Å². The third-order valence-corrected chi connectivity index (χ3v) is 8.14. The number of phosphoric ester groups is 1. The van der Waals surface area contributed by atoms with Crippen molar-refractivity contribution in [3.05, 3.63) is 0 Å². The lowest BCUT2D eigenvalue weighted by molar-refractivity contribution is -0.154. The second kappa shape index (κ2) is 31.0. The van der Waals surface area contributed by atoms with Crippen LogP contribution < -0.4 is 0 Å². The van der Waals surface area contributed by atoms with Gasteiger partial charge in [0.1, 0.15) is 6.10 Å². The molecule has 0 aliphatic rings. The Labute approximate surface area is 253 Å². The Kier molecular flexibility index (Phi) is 30.6. The van der Waals surface area contributed by atoms with Crippen LogP contribution in [0.5, 0.6) is 0 Å². The fourth-order valence-electron chi connectivity index (χ4n) is 5.09. The lowest BCUT2D eigenvalue weighted by atomic mass is 10.0. The standard InChI is InChI=1S/C33H67O7P/c1-3-5-7-9-11-13-15-17-18-20-22-24-26-28-33(34)40-32(31-39-41(35,36)37)30-38-29-27-25-23-21-19-16-14-12-10-8-6-4-2/h32H,3-31H2,1-2H3,(H2,35,36,37). The first-order valence-electron chi connectivity index (χ1n) is 17.4. The molecule has 41 heavy (non-hydrogen) atoms. The second-order valence-electron chi connectivity index (χ2n) is 11.9. The number of carbonyl (C=O) groups is 1. The van der Waals surface area contributed by atoms with Gasteiger partial charge in [-0.1, -0.05) is 162 Å². The molecule has 0 saturated carbocycles. The average Bonchev–Trinajstić information content (AvgIpc) is 2.93. The van der Waals surface area contributed by atoms with E-state index >= 15 is 0 Å². The minimum atomic E-state index is -4.63. The van der Waals surface area contributed by atoms with Crippen LogP contribution in [0.2, 0.25) is 0 Å². The number of hydrogen-bond acceptors (Lipinski definition) is 5. The smallest absolute Gasteiger partial charge is 0.457 e. The summed E-state index contributed by atoms with van der Waals surface area (Å²) in [4.78, 5) is 30.4. The molecule has 246 valence electrons. The molecule has 2 N–H and O–H groups in total. The fraction of sp³-hybridized carbons (Fsp3) is 0.970. The first kappa shape index (κ1) is 40.5. The Balaban J connectivity index is 3.83. The molecule has 0 fully saturated rings. The molecule has 0 aromatic heterocycles. The summed E-state index contributed by atoms with van der Waals surface area (Å²) < 4.78 is 26.8. The zero-order valence-corrected chi connectivity index (χ0v) is 27.9. The van der Waals surface area contributed by atoms with E-state index in [9.17, 15) is 9.36 Å². The van der Waals surface area contributed by atoms with E-state index in [1.807, 2.05) is 0 Å². The molecule has 1 unspecified atom stereocenters. The molecule has 0 aliphatic heterocycles. The molecule has 0 spiro atoms. The highest BCUT2D eigenvalue weighted by Gasteiger charge is 2.21. The Morgan fingerprint density at radius 3 is 1.32 bits per heavy atom. The summed E-state index contributed by atoms with van der Waals surface area (Å²) in [5.41, 5.74) is 0. The Morgan fingerprint density at radius 1 is 0.561 bits per heavy atom. The van der Waals surface area contributed by atoms with Gasteiger partial charge in [-0.05, 0) is 12.8 Å². The van der Waals surface area contributed by atoms with Gasteiger partial charge in [0.2, 0.25) is 0 Å². The third kappa shape index (κ3) is 33.9. The van der Waals surface area contributed by atoms with Crippen LogP contribution in [0.4, 0.5) is 0 Å². The number of carbonyl (C=O) groups excluding carboxylic acids is 1. The van der Waals surface area contributed by atoms with Crippen LogP contribution in [0, 0.1) is 0 Å². The van der Waals surface area contributed by atoms with Crippen molar-refractivity contribution in [3.8, 4) is 0 Å². The van der Waals surface area contributed by atoms with Crippen LogP contribution >= 0.6 is 7.82 Å². The van der Waals surface area contributed by atoms with Gasteiger partial charge < -0.3 is 19.3 Å². The lowest BCUT2D eigenvalue weighted by Gasteiger charge is -2.18. The van der Waals surface area contributed by atoms with Crippen LogP contribution in [0.25, 0.3) is 0 Å². The predicted octanol–water partition coefficient (Wildman–Crippen LogP) is 10.2. The van der Waals surface area contributed by atoms with E-state index in [0.29, 0.717) is 13.0 Å². The molecule has 0 heterocycles. The highest BCUT2D eigenvalue weighted by Crippen LogP contribution is 2.35. The van der Waals surface area contributed by atoms with E-state index in [1.54, 1.807) is 0 Å². The van der Waals surface area contributed by atoms with Crippen LogP contribution in [-0.2, 0) is 23.4 Å². The highest BCUT2D eigenvalue weighted by molar-refractivity contribution is 7.46. The molecule has 1 atom stereocenters. The molecule has 0 aromatic carbocycles. The maximum absolute atomic E-state index is 12.3. The molecular weight excluding hydrogens is 539 g/mol. The van der Waals surface area contributed by atoms with Crippen molar-refractivity contribution >= 4 is 13.8 Å². The van der Waals surface area contributed by atoms with E-state index in [0.717, 1.165) is 32.1 Å². The largest absolute Gasteiger partial charge is 0.469 e. The first-order valence-corrected chi connectivity index (χ1v) is 18.9. The maximum Gasteiger partial charge on any atom is 0.469 e. The predicted molar refractivity (Wildman–Crippen MR) is 170 cm³/mol. The summed E-state index contributed by atoms with van der Waals surface area (Å²) in [6, 6.07) is 0. The first-order chi connectivity index (χ1) is 19.9. The number of hydrogen-bond donors (Lipinski definition) is 2. The molecule has 0 saturated heterocycles. The molecule has 0 aromatic rings. The van der Waals surface area contributed by atoms with Crippen molar-refractivity contribution in [2.24, 2.45) is 0 Å². The summed E-state index contributed by atoms with van der Waals surface area (Å²) in [5.74, 6) is -0.360. The van der Waals surface area contributed by atoms with Gasteiger partial charge >= 0.3 is 13.8 Å². The van der Waals surface area contributed by atoms with Crippen molar-refractivity contribution in [3.63, 3.8) is 0 Å². The maximum atomic E-state index is 12.3. The summed E-state index contributed by atoms with van der Waals surface area (Å²) in [7, 11) is -4.63. The van der Waals surface area contributed by atoms with Gasteiger partial charge in [-0.25, -0.2) is 4.57 Å². The average molecular weight is 607 g/mol. The monoisotopic (exact) mass is 606 g/mol. The van der Waals surface area contributed by atoms with Crippen molar-refractivity contribution in [2.45, 2.75) is 187 Å². The molecule has 0 amide bonds. The number of unbranched alkanes of at least 4 members (excludes halogenated alkanes) is 23. The Bertz CT molecular complexity index is 596. The van der Waals surface area contributed by atoms with Crippen molar-refractivity contribution in [1.82, 2.24) is 0 Å². The Morgan fingerprint density at radius 2 is 0.927 bits per heavy atom. The molecule has 0 radical (unpaired) electrons. The molecule has 0 rings (SSSR count). The van der Waals surface area contributed by atoms with Crippen molar-refractivity contribution < 1.29 is 33.1 Å². The van der Waals surface area contributed by atoms with Gasteiger partial charge in [-0.2, -0.15) is 0 Å². The summed E-state index contributed by atoms with van der Waals surface area (Å²) in [6.07, 6.45) is 30.8. The van der Waals surface area contributed by atoms with E-state index in [1.165, 1.54) is 128 Å². The van der Waals surface area contributed by atoms with Crippen molar-refractivity contribution in [1.29, 1.82) is 0 Å². The summed E-state index contributed by atoms with van der Waals surface area (Å²) >= 11 is 0. The van der Waals surface area contributed by atoms with Gasteiger partial charge in [0.15, 0.2) is 0 Å². The quantitative estimate of drug-likeness (QED) is 0.0435. The van der Waals surface area contributed by atoms with Gasteiger partial charge in [0, 0.05) is 13.0 Å². The van der Waals surface area contributed by atoms with Gasteiger partial charge in [-0.3, -0.25) is 9.32 Å².